The van der Waals surface area contributed by atoms with E-state index in [-0.39, 0.29) is 24.0 Å². The number of amides is 1. The van der Waals surface area contributed by atoms with Gasteiger partial charge < -0.3 is 14.8 Å². The number of nitrogens with one attached hydrogen (secondary N) is 1. The van der Waals surface area contributed by atoms with Crippen molar-refractivity contribution in [1.29, 1.82) is 0 Å². The Bertz CT molecular complexity index is 971. The molecule has 0 aliphatic carbocycles. The molecule has 7 nitrogen and oxygen atoms in total. The van der Waals surface area contributed by atoms with Crippen LogP contribution in [0, 0.1) is 12.7 Å². The largest absolute Gasteiger partial charge is 0.497 e. The predicted molar refractivity (Wildman–Crippen MR) is 96.8 cm³/mol. The highest BCUT2D eigenvalue weighted by Crippen LogP contribution is 2.23. The smallest absolute Gasteiger partial charge is 0.273 e. The first-order chi connectivity index (χ1) is 13.0. The van der Waals surface area contributed by atoms with E-state index in [9.17, 15) is 9.18 Å². The van der Waals surface area contributed by atoms with Crippen LogP contribution in [-0.4, -0.2) is 35.1 Å². The number of nitrogens with zero attached hydrogens (tertiary/aromatic N) is 3. The highest BCUT2D eigenvalue weighted by atomic mass is 19.1. The lowest BCUT2D eigenvalue weighted by Gasteiger charge is -2.10. The fourth-order valence-electron chi connectivity index (χ4n) is 2.55. The lowest BCUT2D eigenvalue weighted by atomic mass is 10.2. The van der Waals surface area contributed by atoms with Gasteiger partial charge in [0.25, 0.3) is 5.91 Å². The Balaban J connectivity index is 1.72. The first kappa shape index (κ1) is 18.4. The number of hydrogen-bond acceptors (Lipinski definition) is 5. The van der Waals surface area contributed by atoms with Gasteiger partial charge in [-0.15, -0.1) is 5.10 Å². The highest BCUT2D eigenvalue weighted by molar-refractivity contribution is 5.91. The highest BCUT2D eigenvalue weighted by Gasteiger charge is 2.13. The van der Waals surface area contributed by atoms with E-state index in [1.165, 1.54) is 16.9 Å². The standard InChI is InChI=1S/C19H19FN4O3/c1-12-8-14(4-6-16(12)20)24-11-17(22-23-24)19(25)21-10-13-9-15(26-2)5-7-18(13)27-3/h4-9,11H,10H2,1-3H3,(H,21,25). The molecule has 1 heterocycles. The summed E-state index contributed by atoms with van der Waals surface area (Å²) in [4.78, 5) is 12.4. The monoisotopic (exact) mass is 370 g/mol. The molecule has 140 valence electrons. The summed E-state index contributed by atoms with van der Waals surface area (Å²) in [5.74, 6) is 0.619. The van der Waals surface area contributed by atoms with Crippen molar-refractivity contribution in [2.24, 2.45) is 0 Å². The third-order valence-electron chi connectivity index (χ3n) is 4.06. The van der Waals surface area contributed by atoms with Crippen LogP contribution in [0.1, 0.15) is 21.6 Å². The zero-order valence-corrected chi connectivity index (χ0v) is 15.2. The maximum atomic E-state index is 13.4. The minimum atomic E-state index is -0.384. The van der Waals surface area contributed by atoms with Crippen molar-refractivity contribution in [2.45, 2.75) is 13.5 Å². The maximum Gasteiger partial charge on any atom is 0.273 e. The van der Waals surface area contributed by atoms with E-state index in [1.54, 1.807) is 51.5 Å². The molecule has 0 saturated carbocycles. The van der Waals surface area contributed by atoms with E-state index in [2.05, 4.69) is 15.6 Å². The molecule has 1 amide bonds. The second-order valence-electron chi connectivity index (χ2n) is 5.84. The molecule has 3 rings (SSSR count). The molecule has 1 aromatic heterocycles. The number of methoxy groups -OCH3 is 2. The van der Waals surface area contributed by atoms with Crippen molar-refractivity contribution in [2.75, 3.05) is 14.2 Å². The third-order valence-corrected chi connectivity index (χ3v) is 4.06. The van der Waals surface area contributed by atoms with Gasteiger partial charge >= 0.3 is 0 Å². The molecule has 0 aliphatic rings. The van der Waals surface area contributed by atoms with Gasteiger partial charge in [0.2, 0.25) is 0 Å². The first-order valence-corrected chi connectivity index (χ1v) is 8.20. The average molecular weight is 370 g/mol. The lowest BCUT2D eigenvalue weighted by molar-refractivity contribution is 0.0945. The molecule has 1 N–H and O–H groups in total. The minimum absolute atomic E-state index is 0.152. The van der Waals surface area contributed by atoms with Gasteiger partial charge in [0.15, 0.2) is 5.69 Å². The molecule has 2 aromatic carbocycles. The quantitative estimate of drug-likeness (QED) is 0.722. The van der Waals surface area contributed by atoms with Gasteiger partial charge in [-0.25, -0.2) is 9.07 Å². The molecule has 0 aliphatic heterocycles. The molecular formula is C19H19FN4O3. The van der Waals surface area contributed by atoms with Crippen LogP contribution in [0.3, 0.4) is 0 Å². The van der Waals surface area contributed by atoms with E-state index >= 15 is 0 Å². The summed E-state index contributed by atoms with van der Waals surface area (Å²) in [6.45, 7) is 1.90. The number of ether oxygens (including phenoxy) is 2. The Labute approximate surface area is 155 Å². The van der Waals surface area contributed by atoms with Crippen LogP contribution in [0.25, 0.3) is 5.69 Å². The number of rotatable bonds is 6. The maximum absolute atomic E-state index is 13.4. The molecular weight excluding hydrogens is 351 g/mol. The van der Waals surface area contributed by atoms with Crippen molar-refractivity contribution in [3.8, 4) is 17.2 Å². The van der Waals surface area contributed by atoms with Crippen molar-refractivity contribution in [1.82, 2.24) is 20.3 Å². The SMILES string of the molecule is COc1ccc(OC)c(CNC(=O)c2cn(-c3ccc(F)c(C)c3)nn2)c1. The van der Waals surface area contributed by atoms with Crippen LogP contribution in [0.5, 0.6) is 11.5 Å². The van der Waals surface area contributed by atoms with Gasteiger partial charge in [0.05, 0.1) is 26.1 Å². The Morgan fingerprint density at radius 1 is 1.19 bits per heavy atom. The van der Waals surface area contributed by atoms with E-state index in [1.807, 2.05) is 0 Å². The van der Waals surface area contributed by atoms with Crippen molar-refractivity contribution in [3.05, 3.63) is 65.2 Å². The molecule has 0 unspecified atom stereocenters. The normalized spacial score (nSPS) is 10.5. The summed E-state index contributed by atoms with van der Waals surface area (Å²) in [7, 11) is 3.13. The summed E-state index contributed by atoms with van der Waals surface area (Å²) in [6.07, 6.45) is 1.49. The average Bonchev–Trinajstić information content (AvgIpc) is 3.18. The van der Waals surface area contributed by atoms with Gasteiger partial charge in [0, 0.05) is 12.1 Å². The van der Waals surface area contributed by atoms with Crippen LogP contribution >= 0.6 is 0 Å². The number of carbonyl (C=O) groups is 1. The number of aromatic nitrogens is 3. The van der Waals surface area contributed by atoms with Crippen LogP contribution in [0.15, 0.2) is 42.6 Å². The number of carbonyl (C=O) groups excluding carboxylic acids is 1. The zero-order chi connectivity index (χ0) is 19.4. The zero-order valence-electron chi connectivity index (χ0n) is 15.2. The van der Waals surface area contributed by atoms with Crippen molar-refractivity contribution < 1.29 is 18.7 Å². The van der Waals surface area contributed by atoms with E-state index in [0.717, 1.165) is 5.56 Å². The number of halogens is 1. The summed E-state index contributed by atoms with van der Waals surface area (Å²) in [5.41, 5.74) is 2.03. The van der Waals surface area contributed by atoms with Crippen LogP contribution in [-0.2, 0) is 6.54 Å². The van der Waals surface area contributed by atoms with Crippen LogP contribution < -0.4 is 14.8 Å². The number of aryl methyl sites for hydroxylation is 1. The lowest BCUT2D eigenvalue weighted by Crippen LogP contribution is -2.23. The number of benzene rings is 2. The second kappa shape index (κ2) is 7.86. The fourth-order valence-corrected chi connectivity index (χ4v) is 2.55. The topological polar surface area (TPSA) is 78.3 Å². The molecule has 0 bridgehead atoms. The van der Waals surface area contributed by atoms with E-state index in [0.29, 0.717) is 22.7 Å². The molecule has 0 fully saturated rings. The fraction of sp³-hybridized carbons (Fsp3) is 0.211. The molecule has 3 aromatic rings. The Kier molecular flexibility index (Phi) is 5.35. The third kappa shape index (κ3) is 4.05. The Morgan fingerprint density at radius 2 is 2.00 bits per heavy atom. The minimum Gasteiger partial charge on any atom is -0.497 e. The number of hydrogen-bond donors (Lipinski definition) is 1. The van der Waals surface area contributed by atoms with E-state index < -0.39 is 0 Å². The molecule has 27 heavy (non-hydrogen) atoms. The van der Waals surface area contributed by atoms with Gasteiger partial charge in [-0.1, -0.05) is 5.21 Å². The summed E-state index contributed by atoms with van der Waals surface area (Å²) >= 11 is 0. The van der Waals surface area contributed by atoms with Gasteiger partial charge in [0.1, 0.15) is 17.3 Å². The summed E-state index contributed by atoms with van der Waals surface area (Å²) < 4.78 is 25.3. The first-order valence-electron chi connectivity index (χ1n) is 8.20. The van der Waals surface area contributed by atoms with Gasteiger partial charge in [-0.05, 0) is 48.9 Å². The van der Waals surface area contributed by atoms with Gasteiger partial charge in [-0.3, -0.25) is 4.79 Å². The van der Waals surface area contributed by atoms with E-state index in [4.69, 9.17) is 9.47 Å². The summed E-state index contributed by atoms with van der Waals surface area (Å²) in [6, 6.07) is 9.89. The molecule has 8 heteroatoms. The van der Waals surface area contributed by atoms with Crippen molar-refractivity contribution in [3.63, 3.8) is 0 Å². The summed E-state index contributed by atoms with van der Waals surface area (Å²) in [5, 5.41) is 10.6. The molecule has 0 saturated heterocycles. The van der Waals surface area contributed by atoms with Crippen LogP contribution in [0.2, 0.25) is 0 Å². The van der Waals surface area contributed by atoms with Crippen LogP contribution in [0.4, 0.5) is 4.39 Å². The van der Waals surface area contributed by atoms with Gasteiger partial charge in [-0.2, -0.15) is 0 Å². The predicted octanol–water partition coefficient (Wildman–Crippen LogP) is 2.66. The molecule has 0 atom stereocenters. The second-order valence-corrected chi connectivity index (χ2v) is 5.84. The Hall–Kier alpha value is -3.42. The Morgan fingerprint density at radius 3 is 2.70 bits per heavy atom. The molecule has 0 radical (unpaired) electrons. The van der Waals surface area contributed by atoms with Crippen molar-refractivity contribution >= 4 is 5.91 Å². The molecule has 0 spiro atoms.